The maximum absolute atomic E-state index is 12.2. The monoisotopic (exact) mass is 337 g/mol. The van der Waals surface area contributed by atoms with E-state index in [0.29, 0.717) is 18.6 Å². The zero-order chi connectivity index (χ0) is 17.4. The van der Waals surface area contributed by atoms with Crippen molar-refractivity contribution < 1.29 is 13.9 Å². The molecule has 0 aliphatic heterocycles. The molecule has 0 bridgehead atoms. The standard InChI is InChI=1S/C19H19N3O3/c1-11-12(2)24-19(21-11)22-18(23)14-9-15(10-14)25-16-7-3-5-13-6-4-8-20-17(13)16/h3-8,14-15H,9-10H2,1-2H3,(H,21,22,23)/t14-,15-. The van der Waals surface area contributed by atoms with Gasteiger partial charge in [-0.15, -0.1) is 0 Å². The topological polar surface area (TPSA) is 77.2 Å². The number of aromatic nitrogens is 2. The highest BCUT2D eigenvalue weighted by atomic mass is 16.5. The Morgan fingerprint density at radius 2 is 2.04 bits per heavy atom. The van der Waals surface area contributed by atoms with Gasteiger partial charge in [0, 0.05) is 17.5 Å². The third kappa shape index (κ3) is 3.07. The number of amides is 1. The molecule has 2 heterocycles. The predicted octanol–water partition coefficient (Wildman–Crippen LogP) is 3.64. The first-order chi connectivity index (χ1) is 12.1. The lowest BCUT2D eigenvalue weighted by molar-refractivity contribution is -0.125. The molecule has 1 aromatic carbocycles. The van der Waals surface area contributed by atoms with Gasteiger partial charge < -0.3 is 9.15 Å². The molecule has 4 rings (SSSR count). The fourth-order valence-electron chi connectivity index (χ4n) is 2.96. The van der Waals surface area contributed by atoms with Crippen LogP contribution in [-0.2, 0) is 4.79 Å². The molecule has 0 atom stereocenters. The minimum Gasteiger partial charge on any atom is -0.488 e. The number of carbonyl (C=O) groups excluding carboxylic acids is 1. The Balaban J connectivity index is 1.36. The number of fused-ring (bicyclic) bond motifs is 1. The molecule has 6 heteroatoms. The van der Waals surface area contributed by atoms with Crippen LogP contribution in [0.5, 0.6) is 5.75 Å². The number of nitrogens with one attached hydrogen (secondary N) is 1. The van der Waals surface area contributed by atoms with E-state index >= 15 is 0 Å². The third-order valence-corrected chi connectivity index (χ3v) is 4.61. The lowest BCUT2D eigenvalue weighted by Gasteiger charge is -2.34. The number of ether oxygens (including phenoxy) is 1. The highest BCUT2D eigenvalue weighted by Crippen LogP contribution is 2.34. The van der Waals surface area contributed by atoms with Crippen LogP contribution in [-0.4, -0.2) is 22.0 Å². The van der Waals surface area contributed by atoms with Crippen molar-refractivity contribution in [2.75, 3.05) is 5.32 Å². The van der Waals surface area contributed by atoms with Crippen molar-refractivity contribution >= 4 is 22.8 Å². The number of hydrogen-bond acceptors (Lipinski definition) is 5. The van der Waals surface area contributed by atoms with E-state index in [-0.39, 0.29) is 23.9 Å². The molecule has 128 valence electrons. The number of benzene rings is 1. The highest BCUT2D eigenvalue weighted by Gasteiger charge is 2.37. The van der Waals surface area contributed by atoms with Gasteiger partial charge in [0.25, 0.3) is 0 Å². The molecule has 0 unspecified atom stereocenters. The molecule has 1 N–H and O–H groups in total. The molecule has 1 aliphatic carbocycles. The molecular formula is C19H19N3O3. The molecule has 2 aromatic heterocycles. The number of nitrogens with zero attached hydrogens (tertiary/aromatic N) is 2. The van der Waals surface area contributed by atoms with Crippen LogP contribution in [0, 0.1) is 19.8 Å². The first kappa shape index (κ1) is 15.6. The van der Waals surface area contributed by atoms with Gasteiger partial charge in [0.05, 0.1) is 5.69 Å². The van der Waals surface area contributed by atoms with Crippen molar-refractivity contribution in [2.24, 2.45) is 5.92 Å². The van der Waals surface area contributed by atoms with Crippen LogP contribution in [0.4, 0.5) is 6.01 Å². The summed E-state index contributed by atoms with van der Waals surface area (Å²) in [6.07, 6.45) is 3.13. The van der Waals surface area contributed by atoms with E-state index in [2.05, 4.69) is 15.3 Å². The lowest BCUT2D eigenvalue weighted by Crippen LogP contribution is -2.40. The Morgan fingerprint density at radius 1 is 1.24 bits per heavy atom. The summed E-state index contributed by atoms with van der Waals surface area (Å²) < 4.78 is 11.4. The molecule has 3 aromatic rings. The van der Waals surface area contributed by atoms with E-state index in [9.17, 15) is 4.79 Å². The molecule has 1 aliphatic rings. The summed E-state index contributed by atoms with van der Waals surface area (Å²) in [7, 11) is 0. The maximum Gasteiger partial charge on any atom is 0.301 e. The highest BCUT2D eigenvalue weighted by molar-refractivity contribution is 5.91. The second kappa shape index (κ2) is 6.20. The fraction of sp³-hybridized carbons (Fsp3) is 0.316. The average Bonchev–Trinajstić information content (AvgIpc) is 2.88. The number of oxazole rings is 1. The van der Waals surface area contributed by atoms with E-state index in [1.54, 1.807) is 6.20 Å². The molecule has 1 amide bonds. The number of pyridine rings is 1. The molecular weight excluding hydrogens is 318 g/mol. The van der Waals surface area contributed by atoms with Gasteiger partial charge in [0.2, 0.25) is 5.91 Å². The van der Waals surface area contributed by atoms with Crippen LogP contribution < -0.4 is 10.1 Å². The summed E-state index contributed by atoms with van der Waals surface area (Å²) in [6, 6.07) is 10.1. The minimum atomic E-state index is -0.0829. The Labute approximate surface area is 145 Å². The maximum atomic E-state index is 12.2. The Hall–Kier alpha value is -2.89. The molecule has 6 nitrogen and oxygen atoms in total. The van der Waals surface area contributed by atoms with Gasteiger partial charge in [-0.25, -0.2) is 0 Å². The second-order valence-corrected chi connectivity index (χ2v) is 6.39. The number of hydrogen-bond donors (Lipinski definition) is 1. The molecule has 0 spiro atoms. The Kier molecular flexibility index (Phi) is 3.87. The predicted molar refractivity (Wildman–Crippen MR) is 93.5 cm³/mol. The van der Waals surface area contributed by atoms with Gasteiger partial charge in [-0.2, -0.15) is 4.98 Å². The van der Waals surface area contributed by atoms with E-state index in [1.807, 2.05) is 44.2 Å². The molecule has 25 heavy (non-hydrogen) atoms. The van der Waals surface area contributed by atoms with Crippen molar-refractivity contribution in [3.05, 3.63) is 48.0 Å². The van der Waals surface area contributed by atoms with Crippen LogP contribution in [0.15, 0.2) is 40.9 Å². The quantitative estimate of drug-likeness (QED) is 0.786. The van der Waals surface area contributed by atoms with Crippen molar-refractivity contribution in [1.29, 1.82) is 0 Å². The Morgan fingerprint density at radius 3 is 2.80 bits per heavy atom. The molecule has 1 saturated carbocycles. The van der Waals surface area contributed by atoms with Gasteiger partial charge in [0.15, 0.2) is 0 Å². The van der Waals surface area contributed by atoms with Crippen molar-refractivity contribution in [2.45, 2.75) is 32.8 Å². The van der Waals surface area contributed by atoms with Gasteiger partial charge >= 0.3 is 6.01 Å². The lowest BCUT2D eigenvalue weighted by atomic mass is 9.81. The van der Waals surface area contributed by atoms with Gasteiger partial charge in [-0.1, -0.05) is 18.2 Å². The normalized spacial score (nSPS) is 19.4. The molecule has 0 saturated heterocycles. The van der Waals surface area contributed by atoms with Crippen molar-refractivity contribution in [3.8, 4) is 5.75 Å². The zero-order valence-electron chi connectivity index (χ0n) is 14.2. The summed E-state index contributed by atoms with van der Waals surface area (Å²) in [6.45, 7) is 3.67. The Bertz CT molecular complexity index is 904. The summed E-state index contributed by atoms with van der Waals surface area (Å²) in [5.41, 5.74) is 1.64. The van der Waals surface area contributed by atoms with E-state index in [4.69, 9.17) is 9.15 Å². The number of anilines is 1. The van der Waals surface area contributed by atoms with Crippen LogP contribution in [0.2, 0.25) is 0 Å². The van der Waals surface area contributed by atoms with Gasteiger partial charge in [-0.05, 0) is 38.8 Å². The van der Waals surface area contributed by atoms with Gasteiger partial charge in [0.1, 0.15) is 23.1 Å². The summed E-state index contributed by atoms with van der Waals surface area (Å²) in [5, 5.41) is 3.78. The van der Waals surface area contributed by atoms with Gasteiger partial charge in [-0.3, -0.25) is 15.1 Å². The number of aryl methyl sites for hydroxylation is 2. The number of carbonyl (C=O) groups is 1. The SMILES string of the molecule is Cc1nc(NC(=O)[C@H]2C[C@H](Oc3cccc4cccnc34)C2)oc1C. The fourth-order valence-corrected chi connectivity index (χ4v) is 2.96. The summed E-state index contributed by atoms with van der Waals surface area (Å²) >= 11 is 0. The average molecular weight is 337 g/mol. The second-order valence-electron chi connectivity index (χ2n) is 6.39. The van der Waals surface area contributed by atoms with Crippen LogP contribution in [0.1, 0.15) is 24.3 Å². The van der Waals surface area contributed by atoms with Crippen molar-refractivity contribution in [3.63, 3.8) is 0 Å². The minimum absolute atomic E-state index is 0.0244. The van der Waals surface area contributed by atoms with Crippen LogP contribution in [0.3, 0.4) is 0 Å². The number of rotatable bonds is 4. The van der Waals surface area contributed by atoms with Crippen LogP contribution in [0.25, 0.3) is 10.9 Å². The largest absolute Gasteiger partial charge is 0.488 e. The molecule has 1 fully saturated rings. The van der Waals surface area contributed by atoms with E-state index < -0.39 is 0 Å². The third-order valence-electron chi connectivity index (χ3n) is 4.61. The van der Waals surface area contributed by atoms with Crippen molar-refractivity contribution in [1.82, 2.24) is 9.97 Å². The summed E-state index contributed by atoms with van der Waals surface area (Å²) in [5.74, 6) is 1.33. The van der Waals surface area contributed by atoms with Crippen LogP contribution >= 0.6 is 0 Å². The summed E-state index contributed by atoms with van der Waals surface area (Å²) in [4.78, 5) is 20.8. The van der Waals surface area contributed by atoms with E-state index in [1.165, 1.54) is 0 Å². The molecule has 0 radical (unpaired) electrons. The first-order valence-electron chi connectivity index (χ1n) is 8.35. The number of para-hydroxylation sites is 1. The van der Waals surface area contributed by atoms with E-state index in [0.717, 1.165) is 22.3 Å². The first-order valence-corrected chi connectivity index (χ1v) is 8.35. The smallest absolute Gasteiger partial charge is 0.301 e. The zero-order valence-corrected chi connectivity index (χ0v) is 14.2.